The van der Waals surface area contributed by atoms with Gasteiger partial charge in [-0.25, -0.2) is 0 Å². The normalized spacial score (nSPS) is 15.8. The summed E-state index contributed by atoms with van der Waals surface area (Å²) in [6.45, 7) is 1.09. The van der Waals surface area contributed by atoms with Gasteiger partial charge in [-0.1, -0.05) is 23.2 Å². The van der Waals surface area contributed by atoms with Crippen LogP contribution in [0.25, 0.3) is 5.69 Å². The van der Waals surface area contributed by atoms with E-state index >= 15 is 0 Å². The predicted molar refractivity (Wildman–Crippen MR) is 119 cm³/mol. The van der Waals surface area contributed by atoms with Crippen LogP contribution in [0.5, 0.6) is 5.75 Å². The summed E-state index contributed by atoms with van der Waals surface area (Å²) in [4.78, 5) is 14.7. The number of hydrogen-bond donors (Lipinski definition) is 4. The second kappa shape index (κ2) is 8.44. The lowest BCUT2D eigenvalue weighted by atomic mass is 10.1. The number of amides is 1. The summed E-state index contributed by atoms with van der Waals surface area (Å²) < 4.78 is 1.69. The number of benzene rings is 2. The number of amidine groups is 1. The summed E-state index contributed by atoms with van der Waals surface area (Å²) in [5, 5.41) is 29.2. The molecule has 0 spiro atoms. The number of nitrogen functional groups attached to an aromatic ring is 1. The molecule has 1 atom stereocenters. The number of nitrogens with two attached hydrogens (primary N) is 1. The second-order valence-electron chi connectivity index (χ2n) is 7.14. The van der Waals surface area contributed by atoms with E-state index in [0.717, 1.165) is 5.69 Å². The van der Waals surface area contributed by atoms with Crippen LogP contribution >= 0.6 is 23.2 Å². The molecule has 2 aromatic carbocycles. The van der Waals surface area contributed by atoms with Crippen molar-refractivity contribution in [1.29, 1.82) is 5.41 Å². The van der Waals surface area contributed by atoms with Crippen molar-refractivity contribution in [2.24, 2.45) is 5.73 Å². The Morgan fingerprint density at radius 3 is 2.61 bits per heavy atom. The molecule has 0 radical (unpaired) electrons. The average Bonchev–Trinajstić information content (AvgIpc) is 3.40. The number of carbonyl (C=O) groups excluding carboxylic acids is 1. The first-order valence-electron chi connectivity index (χ1n) is 9.41. The van der Waals surface area contributed by atoms with Crippen LogP contribution < -0.4 is 16.0 Å². The average molecular weight is 460 g/mol. The minimum Gasteiger partial charge on any atom is -0.505 e. The SMILES string of the molecule is N=C(N)c1c(Cl)ccc(N2CC[C@@H](NC(=O)c3ccc(-n4cnnc4)cc3Cl)C2)c1O. The molecular weight excluding hydrogens is 441 g/mol. The number of rotatable bonds is 5. The van der Waals surface area contributed by atoms with Crippen molar-refractivity contribution in [3.63, 3.8) is 0 Å². The lowest BCUT2D eigenvalue weighted by Crippen LogP contribution is -2.37. The molecule has 0 bridgehead atoms. The molecule has 0 unspecified atom stereocenters. The van der Waals surface area contributed by atoms with Crippen molar-refractivity contribution < 1.29 is 9.90 Å². The summed E-state index contributed by atoms with van der Waals surface area (Å²) in [5.74, 6) is -0.727. The lowest BCUT2D eigenvalue weighted by Gasteiger charge is -2.22. The Labute approximate surface area is 187 Å². The summed E-state index contributed by atoms with van der Waals surface area (Å²) in [7, 11) is 0. The molecule has 1 amide bonds. The highest BCUT2D eigenvalue weighted by atomic mass is 35.5. The molecule has 11 heteroatoms. The summed E-state index contributed by atoms with van der Waals surface area (Å²) >= 11 is 12.4. The quantitative estimate of drug-likeness (QED) is 0.342. The van der Waals surface area contributed by atoms with Gasteiger partial charge in [0.15, 0.2) is 5.75 Å². The zero-order chi connectivity index (χ0) is 22.1. The predicted octanol–water partition coefficient (Wildman–Crippen LogP) is 2.57. The molecule has 1 aromatic heterocycles. The molecule has 4 rings (SSSR count). The van der Waals surface area contributed by atoms with Gasteiger partial charge in [-0.15, -0.1) is 10.2 Å². The Hall–Kier alpha value is -3.30. The summed E-state index contributed by atoms with van der Waals surface area (Å²) in [6, 6.07) is 8.22. The van der Waals surface area contributed by atoms with Gasteiger partial charge >= 0.3 is 0 Å². The van der Waals surface area contributed by atoms with Gasteiger partial charge in [0.1, 0.15) is 18.5 Å². The zero-order valence-electron chi connectivity index (χ0n) is 16.2. The molecule has 1 aliphatic heterocycles. The number of aromatic hydroxyl groups is 1. The highest BCUT2D eigenvalue weighted by Gasteiger charge is 2.28. The van der Waals surface area contributed by atoms with Gasteiger partial charge in [-0.05, 0) is 36.8 Å². The molecule has 31 heavy (non-hydrogen) atoms. The fraction of sp³-hybridized carbons (Fsp3) is 0.200. The van der Waals surface area contributed by atoms with E-state index in [1.54, 1.807) is 47.6 Å². The highest BCUT2D eigenvalue weighted by Crippen LogP contribution is 2.37. The van der Waals surface area contributed by atoms with Crippen molar-refractivity contribution >= 4 is 40.6 Å². The van der Waals surface area contributed by atoms with E-state index in [-0.39, 0.29) is 34.1 Å². The van der Waals surface area contributed by atoms with Gasteiger partial charge in [0.2, 0.25) is 0 Å². The standard InChI is InChI=1S/C20H19Cl2N7O2/c21-14-3-4-16(18(30)17(14)19(23)24)28-6-5-11(8-28)27-20(31)13-2-1-12(7-15(13)22)29-9-25-26-10-29/h1-4,7,9-11,30H,5-6,8H2,(H3,23,24)(H,27,31)/t11-/m1/s1. The van der Waals surface area contributed by atoms with E-state index in [1.165, 1.54) is 0 Å². The van der Waals surface area contributed by atoms with Crippen LogP contribution in [0.15, 0.2) is 43.0 Å². The molecule has 3 aromatic rings. The van der Waals surface area contributed by atoms with Crippen molar-refractivity contribution in [2.75, 3.05) is 18.0 Å². The number of carbonyl (C=O) groups is 1. The Bertz CT molecular complexity index is 1150. The van der Waals surface area contributed by atoms with E-state index in [4.69, 9.17) is 34.3 Å². The topological polar surface area (TPSA) is 133 Å². The number of anilines is 1. The highest BCUT2D eigenvalue weighted by molar-refractivity contribution is 6.34. The van der Waals surface area contributed by atoms with Crippen LogP contribution in [0.4, 0.5) is 5.69 Å². The first-order chi connectivity index (χ1) is 14.8. The maximum atomic E-state index is 12.8. The van der Waals surface area contributed by atoms with Crippen molar-refractivity contribution in [2.45, 2.75) is 12.5 Å². The second-order valence-corrected chi connectivity index (χ2v) is 7.96. The maximum Gasteiger partial charge on any atom is 0.253 e. The Morgan fingerprint density at radius 2 is 1.94 bits per heavy atom. The molecular formula is C20H19Cl2N7O2. The Kier molecular flexibility index (Phi) is 5.71. The molecule has 0 aliphatic carbocycles. The smallest absolute Gasteiger partial charge is 0.253 e. The molecule has 160 valence electrons. The van der Waals surface area contributed by atoms with E-state index in [2.05, 4.69) is 15.5 Å². The molecule has 2 heterocycles. The van der Waals surface area contributed by atoms with Gasteiger partial charge in [0.25, 0.3) is 5.91 Å². The molecule has 9 nitrogen and oxygen atoms in total. The van der Waals surface area contributed by atoms with Crippen molar-refractivity contribution in [1.82, 2.24) is 20.1 Å². The van der Waals surface area contributed by atoms with E-state index in [0.29, 0.717) is 35.8 Å². The van der Waals surface area contributed by atoms with Gasteiger partial charge in [0.05, 0.1) is 26.9 Å². The van der Waals surface area contributed by atoms with Crippen LogP contribution in [-0.4, -0.2) is 50.7 Å². The van der Waals surface area contributed by atoms with Crippen LogP contribution in [0, 0.1) is 5.41 Å². The van der Waals surface area contributed by atoms with Gasteiger partial charge < -0.3 is 21.1 Å². The number of nitrogens with zero attached hydrogens (tertiary/aromatic N) is 4. The van der Waals surface area contributed by atoms with Gasteiger partial charge in [-0.2, -0.15) is 0 Å². The molecule has 0 saturated carbocycles. The number of phenolic OH excluding ortho intramolecular Hbond substituents is 1. The van der Waals surface area contributed by atoms with Crippen molar-refractivity contribution in [3.05, 3.63) is 64.2 Å². The summed E-state index contributed by atoms with van der Waals surface area (Å²) in [5.41, 5.74) is 7.27. The first-order valence-corrected chi connectivity index (χ1v) is 10.2. The largest absolute Gasteiger partial charge is 0.505 e. The minimum atomic E-state index is -0.307. The first kappa shape index (κ1) is 21.0. The molecule has 5 N–H and O–H groups in total. The molecule has 1 saturated heterocycles. The maximum absolute atomic E-state index is 12.8. The number of hydrogen-bond acceptors (Lipinski definition) is 6. The molecule has 1 aliphatic rings. The molecule has 1 fully saturated rings. The Morgan fingerprint density at radius 1 is 1.19 bits per heavy atom. The van der Waals surface area contributed by atoms with E-state index < -0.39 is 0 Å². The van der Waals surface area contributed by atoms with Crippen LogP contribution in [0.2, 0.25) is 10.0 Å². The number of phenols is 1. The van der Waals surface area contributed by atoms with E-state index in [1.807, 2.05) is 4.90 Å². The van der Waals surface area contributed by atoms with Gasteiger partial charge in [-0.3, -0.25) is 14.8 Å². The van der Waals surface area contributed by atoms with Crippen molar-refractivity contribution in [3.8, 4) is 11.4 Å². The third-order valence-electron chi connectivity index (χ3n) is 5.15. The number of halogens is 2. The van der Waals surface area contributed by atoms with Gasteiger partial charge in [0, 0.05) is 24.8 Å². The van der Waals surface area contributed by atoms with Crippen LogP contribution in [0.1, 0.15) is 22.3 Å². The van der Waals surface area contributed by atoms with Crippen LogP contribution in [0.3, 0.4) is 0 Å². The number of aromatic nitrogens is 3. The lowest BCUT2D eigenvalue weighted by molar-refractivity contribution is 0.0940. The zero-order valence-corrected chi connectivity index (χ0v) is 17.7. The summed E-state index contributed by atoms with van der Waals surface area (Å²) in [6.07, 6.45) is 3.77. The fourth-order valence-corrected chi connectivity index (χ4v) is 4.12. The Balaban J connectivity index is 1.46. The van der Waals surface area contributed by atoms with Crippen LogP contribution in [-0.2, 0) is 0 Å². The monoisotopic (exact) mass is 459 g/mol. The third kappa shape index (κ3) is 4.14. The minimum absolute atomic E-state index is 0.103. The fourth-order valence-electron chi connectivity index (χ4n) is 3.61. The number of nitrogens with one attached hydrogen (secondary N) is 2. The van der Waals surface area contributed by atoms with E-state index in [9.17, 15) is 9.90 Å². The third-order valence-corrected chi connectivity index (χ3v) is 5.78.